The Morgan fingerprint density at radius 2 is 1.85 bits per heavy atom. The van der Waals surface area contributed by atoms with Crippen molar-refractivity contribution in [2.24, 2.45) is 11.8 Å². The minimum atomic E-state index is 0.905. The molecule has 13 heavy (non-hydrogen) atoms. The molecule has 0 amide bonds. The van der Waals surface area contributed by atoms with Crippen molar-refractivity contribution in [1.29, 1.82) is 0 Å². The van der Waals surface area contributed by atoms with Crippen LogP contribution in [-0.2, 0) is 0 Å². The maximum absolute atomic E-state index is 2.46. The van der Waals surface area contributed by atoms with E-state index in [1.807, 2.05) is 0 Å². The molecule has 2 rings (SSSR count). The van der Waals surface area contributed by atoms with Gasteiger partial charge < -0.3 is 0 Å². The molecule has 0 heterocycles. The van der Waals surface area contributed by atoms with Gasteiger partial charge in [-0.15, -0.1) is 0 Å². The third-order valence-electron chi connectivity index (χ3n) is 3.46. The Balaban J connectivity index is 1.91. The maximum Gasteiger partial charge on any atom is -0.0199 e. The summed E-state index contributed by atoms with van der Waals surface area (Å²) in [6, 6.07) is 0. The van der Waals surface area contributed by atoms with E-state index < -0.39 is 0 Å². The summed E-state index contributed by atoms with van der Waals surface area (Å²) < 4.78 is 0. The average Bonchev–Trinajstić information content (AvgIpc) is 2.55. The Hall–Kier alpha value is -0.520. The van der Waals surface area contributed by atoms with Crippen LogP contribution in [0.1, 0.15) is 44.9 Å². The summed E-state index contributed by atoms with van der Waals surface area (Å²) in [6.07, 6.45) is 19.3. The van der Waals surface area contributed by atoms with E-state index in [-0.39, 0.29) is 0 Å². The van der Waals surface area contributed by atoms with Crippen molar-refractivity contribution in [2.45, 2.75) is 44.9 Å². The molecule has 0 heteroatoms. The van der Waals surface area contributed by atoms with Crippen molar-refractivity contribution in [3.05, 3.63) is 24.3 Å². The molecule has 2 atom stereocenters. The van der Waals surface area contributed by atoms with Crippen LogP contribution in [0.2, 0.25) is 0 Å². The number of hydrogen-bond acceptors (Lipinski definition) is 0. The second-order valence-corrected chi connectivity index (χ2v) is 4.42. The van der Waals surface area contributed by atoms with E-state index in [0.717, 1.165) is 11.8 Å². The summed E-state index contributed by atoms with van der Waals surface area (Å²) in [5.41, 5.74) is 0. The Labute approximate surface area is 81.7 Å². The zero-order valence-electron chi connectivity index (χ0n) is 8.41. The van der Waals surface area contributed by atoms with Crippen molar-refractivity contribution >= 4 is 0 Å². The van der Waals surface area contributed by atoms with Gasteiger partial charge in [0, 0.05) is 0 Å². The van der Waals surface area contributed by atoms with Gasteiger partial charge in [0.1, 0.15) is 0 Å². The molecule has 2 unspecified atom stereocenters. The highest BCUT2D eigenvalue weighted by molar-refractivity contribution is 5.01. The fourth-order valence-electron chi connectivity index (χ4n) is 2.61. The van der Waals surface area contributed by atoms with Crippen LogP contribution in [0, 0.1) is 11.8 Å². The molecule has 0 N–H and O–H groups in total. The van der Waals surface area contributed by atoms with Crippen molar-refractivity contribution in [2.75, 3.05) is 0 Å². The van der Waals surface area contributed by atoms with Gasteiger partial charge in [0.25, 0.3) is 0 Å². The summed E-state index contributed by atoms with van der Waals surface area (Å²) in [6.45, 7) is 0. The lowest BCUT2D eigenvalue weighted by molar-refractivity contribution is 0.351. The standard InChI is InChI=1S/C13H20/c1-2-4-8-12(9-5-3-1)13-10-6-7-11-13/h2,4,6,10,12-13H,1,3,5,7-9,11H2/b4-2+. The van der Waals surface area contributed by atoms with Crippen LogP contribution >= 0.6 is 0 Å². The molecule has 0 radical (unpaired) electrons. The Morgan fingerprint density at radius 3 is 2.69 bits per heavy atom. The molecule has 0 saturated heterocycles. The topological polar surface area (TPSA) is 0 Å². The third-order valence-corrected chi connectivity index (χ3v) is 3.46. The molecule has 0 aromatic carbocycles. The zero-order valence-corrected chi connectivity index (χ0v) is 8.41. The van der Waals surface area contributed by atoms with E-state index in [0.29, 0.717) is 0 Å². The van der Waals surface area contributed by atoms with Gasteiger partial charge in [-0.25, -0.2) is 0 Å². The second kappa shape index (κ2) is 4.64. The highest BCUT2D eigenvalue weighted by atomic mass is 14.2. The molecule has 0 fully saturated rings. The summed E-state index contributed by atoms with van der Waals surface area (Å²) in [5, 5.41) is 0. The molecule has 0 aromatic rings. The van der Waals surface area contributed by atoms with Gasteiger partial charge in [0.05, 0.1) is 0 Å². The highest BCUT2D eigenvalue weighted by Crippen LogP contribution is 2.32. The van der Waals surface area contributed by atoms with Crippen molar-refractivity contribution in [1.82, 2.24) is 0 Å². The SMILES string of the molecule is C1=CC(C2C/C=C/CCCC2)CC1. The fourth-order valence-corrected chi connectivity index (χ4v) is 2.61. The van der Waals surface area contributed by atoms with Crippen molar-refractivity contribution < 1.29 is 0 Å². The predicted molar refractivity (Wildman–Crippen MR) is 57.6 cm³/mol. The number of rotatable bonds is 1. The largest absolute Gasteiger partial charge is 0.0885 e. The molecule has 72 valence electrons. The first-order valence-electron chi connectivity index (χ1n) is 5.78. The Kier molecular flexibility index (Phi) is 3.23. The summed E-state index contributed by atoms with van der Waals surface area (Å²) >= 11 is 0. The van der Waals surface area contributed by atoms with E-state index in [1.54, 1.807) is 0 Å². The van der Waals surface area contributed by atoms with Crippen LogP contribution in [0.3, 0.4) is 0 Å². The van der Waals surface area contributed by atoms with Gasteiger partial charge in [-0.05, 0) is 50.4 Å². The van der Waals surface area contributed by atoms with E-state index in [1.165, 1.54) is 44.9 Å². The molecule has 2 aliphatic rings. The van der Waals surface area contributed by atoms with Crippen LogP contribution in [0.4, 0.5) is 0 Å². The fraction of sp³-hybridized carbons (Fsp3) is 0.692. The molecular formula is C13H20. The van der Waals surface area contributed by atoms with Crippen LogP contribution in [0.5, 0.6) is 0 Å². The molecular weight excluding hydrogens is 156 g/mol. The molecule has 0 nitrogen and oxygen atoms in total. The molecule has 0 aliphatic heterocycles. The highest BCUT2D eigenvalue weighted by Gasteiger charge is 2.20. The lowest BCUT2D eigenvalue weighted by atomic mass is 9.83. The zero-order chi connectivity index (χ0) is 8.93. The molecule has 0 aromatic heterocycles. The van der Waals surface area contributed by atoms with Crippen molar-refractivity contribution in [3.63, 3.8) is 0 Å². The van der Waals surface area contributed by atoms with E-state index in [2.05, 4.69) is 24.3 Å². The van der Waals surface area contributed by atoms with Crippen molar-refractivity contribution in [3.8, 4) is 0 Å². The number of allylic oxidation sites excluding steroid dienone is 4. The number of hydrogen-bond donors (Lipinski definition) is 0. The van der Waals surface area contributed by atoms with E-state index >= 15 is 0 Å². The van der Waals surface area contributed by atoms with E-state index in [4.69, 9.17) is 0 Å². The Bertz CT molecular complexity index is 200. The summed E-state index contributed by atoms with van der Waals surface area (Å²) in [7, 11) is 0. The van der Waals surface area contributed by atoms with Crippen LogP contribution < -0.4 is 0 Å². The van der Waals surface area contributed by atoms with Gasteiger partial charge >= 0.3 is 0 Å². The van der Waals surface area contributed by atoms with Crippen LogP contribution in [0.15, 0.2) is 24.3 Å². The quantitative estimate of drug-likeness (QED) is 0.528. The van der Waals surface area contributed by atoms with Gasteiger partial charge in [-0.2, -0.15) is 0 Å². The molecule has 0 bridgehead atoms. The van der Waals surface area contributed by atoms with Gasteiger partial charge in [-0.1, -0.05) is 30.7 Å². The lowest BCUT2D eigenvalue weighted by Gasteiger charge is -2.22. The Morgan fingerprint density at radius 1 is 0.846 bits per heavy atom. The van der Waals surface area contributed by atoms with E-state index in [9.17, 15) is 0 Å². The minimum absolute atomic E-state index is 0.905. The third kappa shape index (κ3) is 2.46. The first kappa shape index (κ1) is 9.05. The minimum Gasteiger partial charge on any atom is -0.0885 e. The summed E-state index contributed by atoms with van der Waals surface area (Å²) in [5.74, 6) is 1.86. The first-order chi connectivity index (χ1) is 6.47. The van der Waals surface area contributed by atoms with Gasteiger partial charge in [0.15, 0.2) is 0 Å². The van der Waals surface area contributed by atoms with Crippen LogP contribution in [-0.4, -0.2) is 0 Å². The smallest absolute Gasteiger partial charge is 0.0199 e. The lowest BCUT2D eigenvalue weighted by Crippen LogP contribution is -2.11. The van der Waals surface area contributed by atoms with Crippen LogP contribution in [0.25, 0.3) is 0 Å². The summed E-state index contributed by atoms with van der Waals surface area (Å²) in [4.78, 5) is 0. The average molecular weight is 176 g/mol. The van der Waals surface area contributed by atoms with Gasteiger partial charge in [0.2, 0.25) is 0 Å². The maximum atomic E-state index is 2.46. The normalized spacial score (nSPS) is 36.9. The predicted octanol–water partition coefficient (Wildman–Crippen LogP) is 4.09. The monoisotopic (exact) mass is 176 g/mol. The molecule has 0 saturated carbocycles. The first-order valence-corrected chi connectivity index (χ1v) is 5.78. The molecule has 2 aliphatic carbocycles. The van der Waals surface area contributed by atoms with Gasteiger partial charge in [-0.3, -0.25) is 0 Å². The molecule has 0 spiro atoms. The second-order valence-electron chi connectivity index (χ2n) is 4.42.